The predicted octanol–water partition coefficient (Wildman–Crippen LogP) is 3.49. The van der Waals surface area contributed by atoms with Crippen LogP contribution in [0, 0.1) is 6.92 Å². The molecule has 1 N–H and O–H groups in total. The van der Waals surface area contributed by atoms with Crippen molar-refractivity contribution in [2.75, 3.05) is 16.8 Å². The lowest BCUT2D eigenvalue weighted by molar-refractivity contribution is 0.102. The maximum absolute atomic E-state index is 12.7. The van der Waals surface area contributed by atoms with Crippen molar-refractivity contribution in [2.45, 2.75) is 32.7 Å². The molecule has 3 heterocycles. The third kappa shape index (κ3) is 4.25. The van der Waals surface area contributed by atoms with Crippen molar-refractivity contribution in [1.82, 2.24) is 14.8 Å². The highest BCUT2D eigenvalue weighted by Gasteiger charge is 2.31. The van der Waals surface area contributed by atoms with Crippen LogP contribution >= 0.6 is 11.3 Å². The number of nitrogens with one attached hydrogen (secondary N) is 1. The quantitative estimate of drug-likeness (QED) is 0.669. The van der Waals surface area contributed by atoms with E-state index in [4.69, 9.17) is 0 Å². The number of aromatic nitrogens is 3. The average molecular weight is 431 g/mol. The molecule has 1 aromatic carbocycles. The summed E-state index contributed by atoms with van der Waals surface area (Å²) in [7, 11) is -3.05. The first-order chi connectivity index (χ1) is 13.8. The molecular weight excluding hydrogens is 408 g/mol. The predicted molar refractivity (Wildman–Crippen MR) is 114 cm³/mol. The summed E-state index contributed by atoms with van der Waals surface area (Å²) in [6.07, 6.45) is 1.47. The van der Waals surface area contributed by atoms with E-state index in [0.29, 0.717) is 17.9 Å². The molecular formula is C20H22N4O3S2. The first-order valence-electron chi connectivity index (χ1n) is 9.47. The van der Waals surface area contributed by atoms with Crippen molar-refractivity contribution in [3.63, 3.8) is 0 Å². The van der Waals surface area contributed by atoms with Crippen molar-refractivity contribution in [2.24, 2.45) is 0 Å². The average Bonchev–Trinajstić information content (AvgIpc) is 3.40. The second-order valence-electron chi connectivity index (χ2n) is 7.21. The van der Waals surface area contributed by atoms with E-state index < -0.39 is 9.84 Å². The van der Waals surface area contributed by atoms with Crippen LogP contribution in [0.25, 0.3) is 10.6 Å². The van der Waals surface area contributed by atoms with Crippen LogP contribution in [0.5, 0.6) is 0 Å². The highest BCUT2D eigenvalue weighted by atomic mass is 32.2. The summed E-state index contributed by atoms with van der Waals surface area (Å²) < 4.78 is 25.3. The Balaban J connectivity index is 1.52. The number of anilines is 1. The summed E-state index contributed by atoms with van der Waals surface area (Å²) in [5.74, 6) is 0.359. The molecule has 1 aliphatic rings. The molecule has 1 unspecified atom stereocenters. The molecule has 0 bridgehead atoms. The van der Waals surface area contributed by atoms with E-state index in [1.165, 1.54) is 16.9 Å². The maximum atomic E-state index is 12.7. The second kappa shape index (κ2) is 7.72. The summed E-state index contributed by atoms with van der Waals surface area (Å²) in [4.78, 5) is 17.2. The van der Waals surface area contributed by atoms with Gasteiger partial charge in [-0.3, -0.25) is 4.79 Å². The van der Waals surface area contributed by atoms with Gasteiger partial charge in [0.2, 0.25) is 0 Å². The summed E-state index contributed by atoms with van der Waals surface area (Å²) in [5, 5.41) is 9.75. The van der Waals surface area contributed by atoms with Gasteiger partial charge in [-0.1, -0.05) is 31.2 Å². The van der Waals surface area contributed by atoms with E-state index in [9.17, 15) is 13.2 Å². The SMILES string of the molecule is CCc1ccc(-c2nc(C(=O)Nc3cc(C)nn3C3CCS(=O)(=O)C3)cs2)cc1. The third-order valence-electron chi connectivity index (χ3n) is 5.00. The summed E-state index contributed by atoms with van der Waals surface area (Å²) in [6.45, 7) is 3.92. The van der Waals surface area contributed by atoms with Crippen molar-refractivity contribution in [1.29, 1.82) is 0 Å². The molecule has 9 heteroatoms. The molecule has 0 saturated carbocycles. The summed E-state index contributed by atoms with van der Waals surface area (Å²) in [6, 6.07) is 9.64. The molecule has 4 rings (SSSR count). The van der Waals surface area contributed by atoms with Crippen LogP contribution in [0.2, 0.25) is 0 Å². The topological polar surface area (TPSA) is 93.9 Å². The fraction of sp³-hybridized carbons (Fsp3) is 0.350. The number of hydrogen-bond donors (Lipinski definition) is 1. The van der Waals surface area contributed by atoms with Gasteiger partial charge in [0, 0.05) is 17.0 Å². The van der Waals surface area contributed by atoms with Crippen LogP contribution in [-0.4, -0.2) is 40.6 Å². The fourth-order valence-electron chi connectivity index (χ4n) is 3.43. The van der Waals surface area contributed by atoms with E-state index in [1.54, 1.807) is 16.1 Å². The number of hydrogen-bond acceptors (Lipinski definition) is 6. The summed E-state index contributed by atoms with van der Waals surface area (Å²) in [5.41, 5.74) is 3.28. The van der Waals surface area contributed by atoms with E-state index in [0.717, 1.165) is 22.7 Å². The van der Waals surface area contributed by atoms with Gasteiger partial charge in [0.05, 0.1) is 23.2 Å². The molecule has 0 radical (unpaired) electrons. The monoisotopic (exact) mass is 430 g/mol. The molecule has 0 spiro atoms. The molecule has 1 aliphatic heterocycles. The van der Waals surface area contributed by atoms with Crippen molar-refractivity contribution in [3.05, 3.63) is 52.7 Å². The van der Waals surface area contributed by atoms with Crippen molar-refractivity contribution in [3.8, 4) is 10.6 Å². The van der Waals surface area contributed by atoms with Gasteiger partial charge in [-0.25, -0.2) is 18.1 Å². The van der Waals surface area contributed by atoms with Crippen molar-refractivity contribution >= 4 is 32.9 Å². The Morgan fingerprint density at radius 1 is 1.31 bits per heavy atom. The zero-order valence-corrected chi connectivity index (χ0v) is 17.9. The minimum atomic E-state index is -3.05. The number of benzene rings is 1. The van der Waals surface area contributed by atoms with Gasteiger partial charge in [-0.05, 0) is 25.3 Å². The molecule has 152 valence electrons. The Morgan fingerprint density at radius 2 is 2.07 bits per heavy atom. The zero-order valence-electron chi connectivity index (χ0n) is 16.3. The molecule has 1 fully saturated rings. The Hall–Kier alpha value is -2.52. The van der Waals surface area contributed by atoms with Gasteiger partial charge >= 0.3 is 0 Å². The van der Waals surface area contributed by atoms with Gasteiger partial charge in [0.1, 0.15) is 16.5 Å². The van der Waals surface area contributed by atoms with Gasteiger partial charge in [-0.2, -0.15) is 5.10 Å². The Bertz CT molecular complexity index is 1150. The van der Waals surface area contributed by atoms with Crippen LogP contribution in [0.4, 0.5) is 5.82 Å². The van der Waals surface area contributed by atoms with E-state index in [-0.39, 0.29) is 23.5 Å². The second-order valence-corrected chi connectivity index (χ2v) is 10.3. The molecule has 1 saturated heterocycles. The normalized spacial score (nSPS) is 18.1. The Labute approximate surface area is 173 Å². The lowest BCUT2D eigenvalue weighted by Gasteiger charge is -2.13. The smallest absolute Gasteiger partial charge is 0.276 e. The molecule has 29 heavy (non-hydrogen) atoms. The first-order valence-corrected chi connectivity index (χ1v) is 12.2. The molecule has 0 aliphatic carbocycles. The number of rotatable bonds is 5. The van der Waals surface area contributed by atoms with Gasteiger partial charge in [0.25, 0.3) is 5.91 Å². The number of aryl methyl sites for hydroxylation is 2. The standard InChI is InChI=1S/C20H22N4O3S2/c1-3-14-4-6-15(7-5-14)20-21-17(11-28-20)19(25)22-18-10-13(2)23-24(18)16-8-9-29(26,27)12-16/h4-7,10-11,16H,3,8-9,12H2,1-2H3,(H,22,25). The fourth-order valence-corrected chi connectivity index (χ4v) is 5.93. The van der Waals surface area contributed by atoms with Gasteiger partial charge in [-0.15, -0.1) is 11.3 Å². The third-order valence-corrected chi connectivity index (χ3v) is 7.64. The molecule has 3 aromatic rings. The number of sulfone groups is 1. The number of amides is 1. The van der Waals surface area contributed by atoms with E-state index in [2.05, 4.69) is 34.5 Å². The lowest BCUT2D eigenvalue weighted by atomic mass is 10.1. The van der Waals surface area contributed by atoms with Crippen LogP contribution in [-0.2, 0) is 16.3 Å². The lowest BCUT2D eigenvalue weighted by Crippen LogP contribution is -2.19. The van der Waals surface area contributed by atoms with Crippen LogP contribution in [0.15, 0.2) is 35.7 Å². The number of thiazole rings is 1. The number of carbonyl (C=O) groups is 1. The molecule has 2 aromatic heterocycles. The van der Waals surface area contributed by atoms with Crippen LogP contribution in [0.3, 0.4) is 0 Å². The largest absolute Gasteiger partial charge is 0.305 e. The number of carbonyl (C=O) groups excluding carboxylic acids is 1. The highest BCUT2D eigenvalue weighted by molar-refractivity contribution is 7.91. The first kappa shape index (κ1) is 19.8. The van der Waals surface area contributed by atoms with Crippen LogP contribution < -0.4 is 5.32 Å². The summed E-state index contributed by atoms with van der Waals surface area (Å²) >= 11 is 1.42. The minimum Gasteiger partial charge on any atom is -0.305 e. The molecule has 1 amide bonds. The van der Waals surface area contributed by atoms with Crippen LogP contribution in [0.1, 0.15) is 41.1 Å². The maximum Gasteiger partial charge on any atom is 0.276 e. The zero-order chi connectivity index (χ0) is 20.6. The Morgan fingerprint density at radius 3 is 2.72 bits per heavy atom. The van der Waals surface area contributed by atoms with Crippen molar-refractivity contribution < 1.29 is 13.2 Å². The number of nitrogens with zero attached hydrogens (tertiary/aromatic N) is 3. The van der Waals surface area contributed by atoms with E-state index in [1.807, 2.05) is 19.1 Å². The van der Waals surface area contributed by atoms with E-state index >= 15 is 0 Å². The molecule has 7 nitrogen and oxygen atoms in total. The van der Waals surface area contributed by atoms with Gasteiger partial charge < -0.3 is 5.32 Å². The Kier molecular flexibility index (Phi) is 5.26. The minimum absolute atomic E-state index is 0.0472. The molecule has 1 atom stereocenters. The van der Waals surface area contributed by atoms with Gasteiger partial charge in [0.15, 0.2) is 9.84 Å². The highest BCUT2D eigenvalue weighted by Crippen LogP contribution is 2.28.